The molecule has 106 valence electrons. The zero-order valence-corrected chi connectivity index (χ0v) is 12.7. The average Bonchev–Trinajstić information content (AvgIpc) is 2.98. The van der Waals surface area contributed by atoms with Crippen LogP contribution in [0.3, 0.4) is 0 Å². The highest BCUT2D eigenvalue weighted by Gasteiger charge is 2.07. The van der Waals surface area contributed by atoms with Crippen LogP contribution in [-0.4, -0.2) is 13.7 Å². The van der Waals surface area contributed by atoms with Gasteiger partial charge in [-0.1, -0.05) is 59.6 Å². The van der Waals surface area contributed by atoms with E-state index in [1.807, 2.05) is 60.0 Å². The minimum Gasteiger partial charge on any atom is -0.772 e. The first-order valence-corrected chi connectivity index (χ1v) is 8.51. The van der Waals surface area contributed by atoms with Crippen LogP contribution >= 0.6 is 11.3 Å². The molecule has 1 atom stereocenters. The summed E-state index contributed by atoms with van der Waals surface area (Å²) in [5.41, 5.74) is 3.74. The fourth-order valence-electron chi connectivity index (χ4n) is 2.08. The highest BCUT2D eigenvalue weighted by atomic mass is 32.2. The van der Waals surface area contributed by atoms with Gasteiger partial charge in [0.2, 0.25) is 0 Å². The molecule has 0 saturated carbocycles. The molecule has 1 aromatic heterocycles. The molecule has 0 amide bonds. The third-order valence-corrected chi connectivity index (χ3v) is 4.49. The molecule has 1 heterocycles. The van der Waals surface area contributed by atoms with E-state index in [4.69, 9.17) is 0 Å². The maximum Gasteiger partial charge on any atom is 0.124 e. The van der Waals surface area contributed by atoms with Crippen LogP contribution in [0.4, 0.5) is 0 Å². The van der Waals surface area contributed by atoms with Gasteiger partial charge in [-0.15, -0.1) is 11.3 Å². The molecule has 2 aromatic carbocycles. The number of nitrogens with zero attached hydrogens (tertiary/aromatic N) is 1. The van der Waals surface area contributed by atoms with Gasteiger partial charge in [0.1, 0.15) is 5.01 Å². The van der Waals surface area contributed by atoms with Crippen LogP contribution in [0.5, 0.6) is 0 Å². The largest absolute Gasteiger partial charge is 0.772 e. The van der Waals surface area contributed by atoms with Crippen molar-refractivity contribution in [2.75, 3.05) is 0 Å². The van der Waals surface area contributed by atoms with E-state index < -0.39 is 11.1 Å². The van der Waals surface area contributed by atoms with Gasteiger partial charge in [-0.25, -0.2) is 4.98 Å². The molecule has 3 rings (SSSR count). The molecule has 0 bridgehead atoms. The summed E-state index contributed by atoms with van der Waals surface area (Å²) in [5, 5.41) is 2.91. The lowest BCUT2D eigenvalue weighted by Gasteiger charge is -2.06. The highest BCUT2D eigenvalue weighted by molar-refractivity contribution is 7.78. The zero-order valence-electron chi connectivity index (χ0n) is 11.1. The van der Waals surface area contributed by atoms with E-state index in [9.17, 15) is 8.76 Å². The van der Waals surface area contributed by atoms with Crippen molar-refractivity contribution < 1.29 is 8.76 Å². The summed E-state index contributed by atoms with van der Waals surface area (Å²) in [7, 11) is 0. The Morgan fingerprint density at radius 2 is 1.81 bits per heavy atom. The summed E-state index contributed by atoms with van der Waals surface area (Å²) in [6.45, 7) is 0. The Balaban J connectivity index is 1.91. The number of benzene rings is 2. The summed E-state index contributed by atoms with van der Waals surface area (Å²) in [4.78, 5) is 4.64. The monoisotopic (exact) mass is 314 g/mol. The van der Waals surface area contributed by atoms with E-state index >= 15 is 0 Å². The standard InChI is InChI=1S/C16H13NO2S2/c18-21(19)11-12-5-4-8-14(9-12)16-17-15(10-20-16)13-6-2-1-3-7-13/h1-10H,11H2,(H,18,19)/p-1. The highest BCUT2D eigenvalue weighted by Crippen LogP contribution is 2.29. The third kappa shape index (κ3) is 3.44. The predicted molar refractivity (Wildman–Crippen MR) is 85.6 cm³/mol. The maximum atomic E-state index is 10.8. The second kappa shape index (κ2) is 6.30. The molecule has 0 aliphatic heterocycles. The van der Waals surface area contributed by atoms with Gasteiger partial charge in [-0.3, -0.25) is 4.21 Å². The predicted octanol–water partition coefficient (Wildman–Crippen LogP) is 3.86. The van der Waals surface area contributed by atoms with E-state index in [0.29, 0.717) is 0 Å². The fourth-order valence-corrected chi connectivity index (χ4v) is 3.36. The van der Waals surface area contributed by atoms with Gasteiger partial charge in [0, 0.05) is 22.3 Å². The van der Waals surface area contributed by atoms with Crippen LogP contribution in [0, 0.1) is 0 Å². The first-order chi connectivity index (χ1) is 10.2. The molecule has 1 unspecified atom stereocenters. The summed E-state index contributed by atoms with van der Waals surface area (Å²) >= 11 is -0.513. The molecule has 3 nitrogen and oxygen atoms in total. The minimum atomic E-state index is -2.07. The molecule has 0 aliphatic rings. The summed E-state index contributed by atoms with van der Waals surface area (Å²) < 4.78 is 21.6. The first-order valence-electron chi connectivity index (χ1n) is 6.38. The van der Waals surface area contributed by atoms with Crippen LogP contribution < -0.4 is 0 Å². The first kappa shape index (κ1) is 14.1. The van der Waals surface area contributed by atoms with Crippen LogP contribution in [0.25, 0.3) is 21.8 Å². The Labute approximate surface area is 129 Å². The molecule has 0 radical (unpaired) electrons. The van der Waals surface area contributed by atoms with E-state index in [0.717, 1.165) is 27.4 Å². The Kier molecular flexibility index (Phi) is 4.24. The van der Waals surface area contributed by atoms with Crippen molar-refractivity contribution in [2.24, 2.45) is 0 Å². The van der Waals surface area contributed by atoms with E-state index in [-0.39, 0.29) is 5.75 Å². The quantitative estimate of drug-likeness (QED) is 0.687. The maximum absolute atomic E-state index is 10.8. The molecule has 0 spiro atoms. The topological polar surface area (TPSA) is 53.0 Å². The van der Waals surface area contributed by atoms with E-state index in [1.165, 1.54) is 0 Å². The van der Waals surface area contributed by atoms with Gasteiger partial charge in [0.15, 0.2) is 0 Å². The number of thiazole rings is 1. The molecular formula is C16H12NO2S2-. The van der Waals surface area contributed by atoms with Crippen LogP contribution in [0.1, 0.15) is 5.56 Å². The van der Waals surface area contributed by atoms with Crippen molar-refractivity contribution in [3.63, 3.8) is 0 Å². The number of aromatic nitrogens is 1. The van der Waals surface area contributed by atoms with Crippen molar-refractivity contribution in [1.29, 1.82) is 0 Å². The second-order valence-corrected chi connectivity index (χ2v) is 6.31. The molecule has 0 saturated heterocycles. The molecule has 21 heavy (non-hydrogen) atoms. The molecule has 5 heteroatoms. The van der Waals surface area contributed by atoms with Crippen LogP contribution in [0.2, 0.25) is 0 Å². The number of rotatable bonds is 4. The second-order valence-electron chi connectivity index (χ2n) is 4.55. The summed E-state index contributed by atoms with van der Waals surface area (Å²) in [6.07, 6.45) is 0. The SMILES string of the molecule is O=S([O-])Cc1cccc(-c2nc(-c3ccccc3)cs2)c1. The third-order valence-electron chi connectivity index (χ3n) is 3.03. The smallest absolute Gasteiger partial charge is 0.124 e. The molecule has 0 aliphatic carbocycles. The minimum absolute atomic E-state index is 0.0325. The van der Waals surface area contributed by atoms with Crippen molar-refractivity contribution in [3.8, 4) is 21.8 Å². The lowest BCUT2D eigenvalue weighted by molar-refractivity contribution is 0.536. The van der Waals surface area contributed by atoms with Gasteiger partial charge in [0.05, 0.1) is 5.69 Å². The Hall–Kier alpha value is -1.82. The molecule has 3 aromatic rings. The fraction of sp³-hybridized carbons (Fsp3) is 0.0625. The van der Waals surface area contributed by atoms with Gasteiger partial charge >= 0.3 is 0 Å². The zero-order chi connectivity index (χ0) is 14.7. The number of hydrogen-bond acceptors (Lipinski definition) is 4. The van der Waals surface area contributed by atoms with Crippen LogP contribution in [0.15, 0.2) is 60.0 Å². The van der Waals surface area contributed by atoms with E-state index in [2.05, 4.69) is 4.98 Å². The van der Waals surface area contributed by atoms with Crippen LogP contribution in [-0.2, 0) is 16.8 Å². The summed E-state index contributed by atoms with van der Waals surface area (Å²) in [5.74, 6) is 0.0325. The normalized spacial score (nSPS) is 12.2. The van der Waals surface area contributed by atoms with Crippen molar-refractivity contribution in [2.45, 2.75) is 5.75 Å². The lowest BCUT2D eigenvalue weighted by atomic mass is 10.1. The summed E-state index contributed by atoms with van der Waals surface area (Å²) in [6, 6.07) is 17.5. The van der Waals surface area contributed by atoms with Gasteiger partial charge in [-0.05, 0) is 11.6 Å². The molecular weight excluding hydrogens is 302 g/mol. The van der Waals surface area contributed by atoms with Crippen molar-refractivity contribution in [3.05, 3.63) is 65.5 Å². The van der Waals surface area contributed by atoms with Crippen molar-refractivity contribution in [1.82, 2.24) is 4.98 Å². The lowest BCUT2D eigenvalue weighted by Crippen LogP contribution is -1.93. The molecule has 0 fully saturated rings. The number of hydrogen-bond donors (Lipinski definition) is 0. The van der Waals surface area contributed by atoms with E-state index in [1.54, 1.807) is 11.3 Å². The van der Waals surface area contributed by atoms with Gasteiger partial charge < -0.3 is 4.55 Å². The average molecular weight is 314 g/mol. The Morgan fingerprint density at radius 1 is 1.05 bits per heavy atom. The molecule has 0 N–H and O–H groups in total. The Bertz CT molecular complexity index is 769. The van der Waals surface area contributed by atoms with Gasteiger partial charge in [0.25, 0.3) is 0 Å². The van der Waals surface area contributed by atoms with Gasteiger partial charge in [-0.2, -0.15) is 0 Å². The Morgan fingerprint density at radius 3 is 2.57 bits per heavy atom. The van der Waals surface area contributed by atoms with Crippen molar-refractivity contribution >= 4 is 22.4 Å².